The summed E-state index contributed by atoms with van der Waals surface area (Å²) in [5, 5.41) is 0.634. The Bertz CT molecular complexity index is 293. The molecule has 3 nitrogen and oxygen atoms in total. The molecule has 2 N–H and O–H groups in total. The number of nitrogens with two attached hydrogens (primary N) is 1. The standard InChI is InChI=1S/C11H18N2OS/c12-11-13-7-10(15-11)8-14-9-5-3-1-2-4-6-9/h7,9H,1-6,8H2,(H2,12,13). The molecular weight excluding hydrogens is 208 g/mol. The second-order valence-electron chi connectivity index (χ2n) is 4.09. The highest BCUT2D eigenvalue weighted by molar-refractivity contribution is 7.15. The van der Waals surface area contributed by atoms with Crippen LogP contribution in [-0.2, 0) is 11.3 Å². The maximum absolute atomic E-state index is 5.88. The van der Waals surface area contributed by atoms with Gasteiger partial charge in [-0.2, -0.15) is 0 Å². The summed E-state index contributed by atoms with van der Waals surface area (Å²) in [4.78, 5) is 5.15. The van der Waals surface area contributed by atoms with Crippen LogP contribution < -0.4 is 5.73 Å². The van der Waals surface area contributed by atoms with Crippen LogP contribution >= 0.6 is 11.3 Å². The fourth-order valence-corrected chi connectivity index (χ4v) is 2.60. The van der Waals surface area contributed by atoms with Crippen molar-refractivity contribution >= 4 is 16.5 Å². The number of anilines is 1. The Balaban J connectivity index is 1.76. The van der Waals surface area contributed by atoms with Crippen molar-refractivity contribution in [3.63, 3.8) is 0 Å². The molecule has 84 valence electrons. The quantitative estimate of drug-likeness (QED) is 0.806. The van der Waals surface area contributed by atoms with Gasteiger partial charge in [0.25, 0.3) is 0 Å². The van der Waals surface area contributed by atoms with Gasteiger partial charge in [-0.25, -0.2) is 4.98 Å². The van der Waals surface area contributed by atoms with Gasteiger partial charge in [0.05, 0.1) is 17.6 Å². The van der Waals surface area contributed by atoms with Gasteiger partial charge in [0.15, 0.2) is 5.13 Å². The Hall–Kier alpha value is -0.610. The molecule has 0 atom stereocenters. The Morgan fingerprint density at radius 1 is 1.33 bits per heavy atom. The summed E-state index contributed by atoms with van der Waals surface area (Å²) >= 11 is 1.52. The van der Waals surface area contributed by atoms with Gasteiger partial charge in [-0.05, 0) is 12.8 Å². The normalized spacial score (nSPS) is 18.9. The third-order valence-corrected chi connectivity index (χ3v) is 3.63. The minimum Gasteiger partial charge on any atom is -0.375 e. The van der Waals surface area contributed by atoms with E-state index in [0.717, 1.165) is 4.88 Å². The van der Waals surface area contributed by atoms with Crippen molar-refractivity contribution < 1.29 is 4.74 Å². The van der Waals surface area contributed by atoms with Crippen molar-refractivity contribution in [2.24, 2.45) is 0 Å². The first-order valence-corrected chi connectivity index (χ1v) is 6.48. The monoisotopic (exact) mass is 226 g/mol. The van der Waals surface area contributed by atoms with E-state index in [4.69, 9.17) is 10.5 Å². The molecule has 1 fully saturated rings. The zero-order valence-corrected chi connectivity index (χ0v) is 9.76. The zero-order chi connectivity index (χ0) is 10.5. The van der Waals surface area contributed by atoms with E-state index in [1.165, 1.54) is 49.9 Å². The number of hydrogen-bond donors (Lipinski definition) is 1. The maximum atomic E-state index is 5.88. The number of nitrogen functional groups attached to an aromatic ring is 1. The van der Waals surface area contributed by atoms with E-state index >= 15 is 0 Å². The lowest BCUT2D eigenvalue weighted by Gasteiger charge is -2.14. The van der Waals surface area contributed by atoms with Gasteiger partial charge in [0, 0.05) is 6.20 Å². The highest BCUT2D eigenvalue weighted by atomic mass is 32.1. The van der Waals surface area contributed by atoms with Crippen LogP contribution in [0.5, 0.6) is 0 Å². The number of thiazole rings is 1. The van der Waals surface area contributed by atoms with E-state index in [1.54, 1.807) is 0 Å². The lowest BCUT2D eigenvalue weighted by atomic mass is 10.1. The molecule has 2 rings (SSSR count). The van der Waals surface area contributed by atoms with Gasteiger partial charge in [0.1, 0.15) is 0 Å². The third kappa shape index (κ3) is 3.47. The molecule has 0 amide bonds. The van der Waals surface area contributed by atoms with Crippen molar-refractivity contribution in [1.29, 1.82) is 0 Å². The van der Waals surface area contributed by atoms with Gasteiger partial charge in [-0.3, -0.25) is 0 Å². The van der Waals surface area contributed by atoms with Gasteiger partial charge < -0.3 is 10.5 Å². The molecule has 0 spiro atoms. The van der Waals surface area contributed by atoms with Crippen LogP contribution in [0.4, 0.5) is 5.13 Å². The van der Waals surface area contributed by atoms with Crippen LogP contribution in [0.15, 0.2) is 6.20 Å². The summed E-state index contributed by atoms with van der Waals surface area (Å²) < 4.78 is 5.88. The molecule has 1 heterocycles. The molecule has 1 aromatic rings. The summed E-state index contributed by atoms with van der Waals surface area (Å²) in [5.41, 5.74) is 5.56. The van der Waals surface area contributed by atoms with E-state index in [2.05, 4.69) is 4.98 Å². The molecule has 0 aromatic carbocycles. The van der Waals surface area contributed by atoms with Gasteiger partial charge >= 0.3 is 0 Å². The molecule has 0 bridgehead atoms. The lowest BCUT2D eigenvalue weighted by Crippen LogP contribution is -2.10. The maximum Gasteiger partial charge on any atom is 0.180 e. The van der Waals surface area contributed by atoms with Crippen LogP contribution in [0, 0.1) is 0 Å². The summed E-state index contributed by atoms with van der Waals surface area (Å²) in [5.74, 6) is 0. The van der Waals surface area contributed by atoms with Gasteiger partial charge in [-0.15, -0.1) is 0 Å². The van der Waals surface area contributed by atoms with Crippen molar-refractivity contribution in [3.8, 4) is 0 Å². The Morgan fingerprint density at radius 2 is 2.07 bits per heavy atom. The first-order valence-electron chi connectivity index (χ1n) is 5.66. The molecule has 4 heteroatoms. The van der Waals surface area contributed by atoms with Crippen molar-refractivity contribution in [2.45, 2.75) is 51.2 Å². The van der Waals surface area contributed by atoms with E-state index < -0.39 is 0 Å². The predicted molar refractivity (Wildman–Crippen MR) is 62.8 cm³/mol. The van der Waals surface area contributed by atoms with Crippen LogP contribution in [-0.4, -0.2) is 11.1 Å². The van der Waals surface area contributed by atoms with E-state index in [9.17, 15) is 0 Å². The molecule has 0 radical (unpaired) electrons. The molecule has 0 aliphatic heterocycles. The number of nitrogens with zero attached hydrogens (tertiary/aromatic N) is 1. The average molecular weight is 226 g/mol. The average Bonchev–Trinajstić information content (AvgIpc) is 2.52. The Labute approximate surface area is 94.7 Å². The van der Waals surface area contributed by atoms with Crippen LogP contribution in [0.25, 0.3) is 0 Å². The zero-order valence-electron chi connectivity index (χ0n) is 8.95. The highest BCUT2D eigenvalue weighted by Gasteiger charge is 2.12. The highest BCUT2D eigenvalue weighted by Crippen LogP contribution is 2.22. The number of ether oxygens (including phenoxy) is 1. The summed E-state index contributed by atoms with van der Waals surface area (Å²) in [6.07, 6.45) is 10.1. The summed E-state index contributed by atoms with van der Waals surface area (Å²) in [6.45, 7) is 0.680. The smallest absolute Gasteiger partial charge is 0.180 e. The van der Waals surface area contributed by atoms with Gasteiger partial charge in [0.2, 0.25) is 0 Å². The topological polar surface area (TPSA) is 48.1 Å². The summed E-state index contributed by atoms with van der Waals surface area (Å²) in [7, 11) is 0. The fraction of sp³-hybridized carbons (Fsp3) is 0.727. The molecule has 0 saturated heterocycles. The van der Waals surface area contributed by atoms with Crippen LogP contribution in [0.1, 0.15) is 43.4 Å². The molecule has 15 heavy (non-hydrogen) atoms. The Morgan fingerprint density at radius 3 is 2.67 bits per heavy atom. The fourth-order valence-electron chi connectivity index (χ4n) is 2.00. The Kier molecular flexibility index (Phi) is 3.97. The largest absolute Gasteiger partial charge is 0.375 e. The van der Waals surface area contributed by atoms with E-state index in [1.807, 2.05) is 6.20 Å². The molecule has 1 saturated carbocycles. The molecule has 1 aliphatic carbocycles. The first kappa shape index (κ1) is 10.9. The van der Waals surface area contributed by atoms with Crippen LogP contribution in [0.2, 0.25) is 0 Å². The van der Waals surface area contributed by atoms with E-state index in [-0.39, 0.29) is 0 Å². The molecule has 1 aliphatic rings. The first-order chi connectivity index (χ1) is 7.34. The lowest BCUT2D eigenvalue weighted by molar-refractivity contribution is 0.0324. The predicted octanol–water partition coefficient (Wildman–Crippen LogP) is 2.96. The van der Waals surface area contributed by atoms with Gasteiger partial charge in [-0.1, -0.05) is 37.0 Å². The van der Waals surface area contributed by atoms with Crippen LogP contribution in [0.3, 0.4) is 0 Å². The second-order valence-corrected chi connectivity index (χ2v) is 5.24. The SMILES string of the molecule is Nc1ncc(COC2CCCCCC2)s1. The number of rotatable bonds is 3. The molecular formula is C11H18N2OS. The van der Waals surface area contributed by atoms with Crippen molar-refractivity contribution in [3.05, 3.63) is 11.1 Å². The van der Waals surface area contributed by atoms with Crippen molar-refractivity contribution in [1.82, 2.24) is 4.98 Å². The van der Waals surface area contributed by atoms with E-state index in [0.29, 0.717) is 17.8 Å². The van der Waals surface area contributed by atoms with Crippen molar-refractivity contribution in [2.75, 3.05) is 5.73 Å². The molecule has 0 unspecified atom stereocenters. The minimum atomic E-state index is 0.454. The third-order valence-electron chi connectivity index (χ3n) is 2.83. The molecule has 1 aromatic heterocycles. The number of aromatic nitrogens is 1. The second kappa shape index (κ2) is 5.47. The minimum absolute atomic E-state index is 0.454. The number of hydrogen-bond acceptors (Lipinski definition) is 4. The summed E-state index contributed by atoms with van der Waals surface area (Å²) in [6, 6.07) is 0.